The van der Waals surface area contributed by atoms with Crippen LogP contribution in [0.2, 0.25) is 5.02 Å². The summed E-state index contributed by atoms with van der Waals surface area (Å²) in [5.74, 6) is -1.68. The molecule has 0 saturated heterocycles. The number of methoxy groups -OCH3 is 1. The molecule has 8 heteroatoms. The van der Waals surface area contributed by atoms with Crippen LogP contribution < -0.4 is 5.32 Å². The molecule has 26 heavy (non-hydrogen) atoms. The van der Waals surface area contributed by atoms with Gasteiger partial charge in [-0.05, 0) is 31.0 Å². The Morgan fingerprint density at radius 2 is 1.88 bits per heavy atom. The Kier molecular flexibility index (Phi) is 6.76. The fraction of sp³-hybridized carbons (Fsp3) is 0.278. The minimum atomic E-state index is -0.606. The predicted molar refractivity (Wildman–Crippen MR) is 100 cm³/mol. The molecule has 1 aromatic carbocycles. The third-order valence-electron chi connectivity index (χ3n) is 3.50. The largest absolute Gasteiger partial charge is 0.465 e. The number of hydrogen-bond acceptors (Lipinski definition) is 6. The molecule has 0 aliphatic rings. The molecule has 0 bridgehead atoms. The summed E-state index contributed by atoms with van der Waals surface area (Å²) in [6.07, 6.45) is 0.653. The molecule has 0 aliphatic heterocycles. The Morgan fingerprint density at radius 1 is 1.19 bits per heavy atom. The van der Waals surface area contributed by atoms with Crippen molar-refractivity contribution >= 4 is 45.8 Å². The van der Waals surface area contributed by atoms with Crippen LogP contribution in [0, 0.1) is 6.92 Å². The van der Waals surface area contributed by atoms with E-state index in [9.17, 15) is 14.4 Å². The highest BCUT2D eigenvalue weighted by Gasteiger charge is 2.27. The number of amides is 1. The molecule has 0 unspecified atom stereocenters. The van der Waals surface area contributed by atoms with E-state index in [1.54, 1.807) is 31.2 Å². The maximum Gasteiger partial charge on any atom is 0.348 e. The minimum Gasteiger partial charge on any atom is -0.465 e. The fourth-order valence-electron chi connectivity index (χ4n) is 2.22. The summed E-state index contributed by atoms with van der Waals surface area (Å²) >= 11 is 7.00. The molecule has 0 fully saturated rings. The fourth-order valence-corrected chi connectivity index (χ4v) is 3.55. The van der Waals surface area contributed by atoms with Gasteiger partial charge in [-0.2, -0.15) is 0 Å². The van der Waals surface area contributed by atoms with Crippen LogP contribution in [0.25, 0.3) is 0 Å². The lowest BCUT2D eigenvalue weighted by Crippen LogP contribution is -2.15. The van der Waals surface area contributed by atoms with Gasteiger partial charge < -0.3 is 14.8 Å². The van der Waals surface area contributed by atoms with Gasteiger partial charge in [-0.15, -0.1) is 11.3 Å². The molecule has 1 heterocycles. The van der Waals surface area contributed by atoms with Crippen molar-refractivity contribution in [3.05, 3.63) is 50.9 Å². The van der Waals surface area contributed by atoms with Gasteiger partial charge in [0.25, 0.3) is 5.91 Å². The van der Waals surface area contributed by atoms with E-state index in [1.807, 2.05) is 6.92 Å². The molecule has 0 atom stereocenters. The number of benzene rings is 1. The number of rotatable bonds is 6. The van der Waals surface area contributed by atoms with Crippen LogP contribution in [0.1, 0.15) is 49.3 Å². The molecule has 6 nitrogen and oxygen atoms in total. The number of ether oxygens (including phenoxy) is 2. The Balaban J connectivity index is 2.42. The summed E-state index contributed by atoms with van der Waals surface area (Å²) < 4.78 is 9.92. The lowest BCUT2D eigenvalue weighted by Gasteiger charge is -2.08. The van der Waals surface area contributed by atoms with E-state index in [1.165, 1.54) is 7.11 Å². The number of nitrogens with one attached hydrogen (secondary N) is 1. The highest BCUT2D eigenvalue weighted by atomic mass is 35.5. The normalized spacial score (nSPS) is 10.3. The molecule has 1 aromatic heterocycles. The standard InChI is InChI=1S/C18H18ClNO5S/c1-4-9-25-17(22)13-10(2)14(18(23)24-3)26-16(13)20-15(21)11-7-5-6-8-12(11)19/h5-8H,4,9H2,1-3H3,(H,20,21). The third-order valence-corrected chi connectivity index (χ3v) is 5.02. The van der Waals surface area contributed by atoms with E-state index < -0.39 is 17.8 Å². The van der Waals surface area contributed by atoms with Gasteiger partial charge in [0.2, 0.25) is 0 Å². The molecule has 0 aliphatic carbocycles. The van der Waals surface area contributed by atoms with E-state index in [0.29, 0.717) is 12.0 Å². The number of carbonyl (C=O) groups excluding carboxylic acids is 3. The summed E-state index contributed by atoms with van der Waals surface area (Å²) in [7, 11) is 1.25. The number of carbonyl (C=O) groups is 3. The van der Waals surface area contributed by atoms with Crippen LogP contribution >= 0.6 is 22.9 Å². The van der Waals surface area contributed by atoms with Gasteiger partial charge in [-0.1, -0.05) is 30.7 Å². The summed E-state index contributed by atoms with van der Waals surface area (Å²) in [5.41, 5.74) is 0.800. The van der Waals surface area contributed by atoms with Crippen LogP contribution in [0.5, 0.6) is 0 Å². The second-order valence-electron chi connectivity index (χ2n) is 5.32. The molecule has 0 spiro atoms. The van der Waals surface area contributed by atoms with E-state index in [2.05, 4.69) is 5.32 Å². The predicted octanol–water partition coefficient (Wildman–Crippen LogP) is 4.32. The molecular formula is C18H18ClNO5S. The summed E-state index contributed by atoms with van der Waals surface area (Å²) in [4.78, 5) is 37.1. The van der Waals surface area contributed by atoms with Crippen molar-refractivity contribution in [3.8, 4) is 0 Å². The first-order valence-corrected chi connectivity index (χ1v) is 9.04. The van der Waals surface area contributed by atoms with Crippen molar-refractivity contribution in [1.82, 2.24) is 0 Å². The maximum atomic E-state index is 12.5. The van der Waals surface area contributed by atoms with Gasteiger partial charge in [0.15, 0.2) is 0 Å². The van der Waals surface area contributed by atoms with Gasteiger partial charge in [-0.3, -0.25) is 4.79 Å². The van der Waals surface area contributed by atoms with E-state index in [4.69, 9.17) is 21.1 Å². The molecular weight excluding hydrogens is 378 g/mol. The average Bonchev–Trinajstić information content (AvgIpc) is 2.95. The van der Waals surface area contributed by atoms with Crippen molar-refractivity contribution < 1.29 is 23.9 Å². The Bertz CT molecular complexity index is 846. The first-order chi connectivity index (χ1) is 12.4. The van der Waals surface area contributed by atoms with Crippen LogP contribution in [0.4, 0.5) is 5.00 Å². The molecule has 0 saturated carbocycles. The van der Waals surface area contributed by atoms with E-state index in [0.717, 1.165) is 11.3 Å². The number of esters is 2. The highest BCUT2D eigenvalue weighted by molar-refractivity contribution is 7.18. The second kappa shape index (κ2) is 8.82. The van der Waals surface area contributed by atoms with Crippen molar-refractivity contribution in [2.45, 2.75) is 20.3 Å². The van der Waals surface area contributed by atoms with E-state index in [-0.39, 0.29) is 32.6 Å². The lowest BCUT2D eigenvalue weighted by atomic mass is 10.1. The Morgan fingerprint density at radius 3 is 2.50 bits per heavy atom. The molecule has 2 aromatic rings. The molecule has 0 radical (unpaired) electrons. The first kappa shape index (κ1) is 19.9. The first-order valence-electron chi connectivity index (χ1n) is 7.85. The van der Waals surface area contributed by atoms with Gasteiger partial charge in [0.1, 0.15) is 9.88 Å². The topological polar surface area (TPSA) is 81.7 Å². The highest BCUT2D eigenvalue weighted by Crippen LogP contribution is 2.35. The Hall–Kier alpha value is -2.38. The number of hydrogen-bond donors (Lipinski definition) is 1. The van der Waals surface area contributed by atoms with Crippen molar-refractivity contribution in [2.24, 2.45) is 0 Å². The quantitative estimate of drug-likeness (QED) is 0.737. The molecule has 2 rings (SSSR count). The van der Waals surface area contributed by atoms with Gasteiger partial charge in [0.05, 0.1) is 29.9 Å². The van der Waals surface area contributed by atoms with Crippen LogP contribution in [0.3, 0.4) is 0 Å². The van der Waals surface area contributed by atoms with Crippen molar-refractivity contribution in [1.29, 1.82) is 0 Å². The van der Waals surface area contributed by atoms with Gasteiger partial charge in [-0.25, -0.2) is 9.59 Å². The van der Waals surface area contributed by atoms with Crippen molar-refractivity contribution in [3.63, 3.8) is 0 Å². The lowest BCUT2D eigenvalue weighted by molar-refractivity contribution is 0.0506. The summed E-state index contributed by atoms with van der Waals surface area (Å²) in [6, 6.07) is 6.54. The maximum absolute atomic E-state index is 12.5. The van der Waals surface area contributed by atoms with E-state index >= 15 is 0 Å². The van der Waals surface area contributed by atoms with Gasteiger partial charge in [0, 0.05) is 0 Å². The minimum absolute atomic E-state index is 0.143. The number of anilines is 1. The monoisotopic (exact) mass is 395 g/mol. The number of thiophene rings is 1. The smallest absolute Gasteiger partial charge is 0.348 e. The SMILES string of the molecule is CCCOC(=O)c1c(NC(=O)c2ccccc2Cl)sc(C(=O)OC)c1C. The molecule has 138 valence electrons. The average molecular weight is 396 g/mol. The summed E-state index contributed by atoms with van der Waals surface area (Å²) in [5, 5.41) is 3.15. The van der Waals surface area contributed by atoms with Crippen LogP contribution in [0.15, 0.2) is 24.3 Å². The van der Waals surface area contributed by atoms with Crippen LogP contribution in [-0.4, -0.2) is 31.6 Å². The zero-order valence-electron chi connectivity index (χ0n) is 14.6. The van der Waals surface area contributed by atoms with Crippen molar-refractivity contribution in [2.75, 3.05) is 19.0 Å². The zero-order valence-corrected chi connectivity index (χ0v) is 16.1. The molecule has 1 amide bonds. The third kappa shape index (κ3) is 4.23. The summed E-state index contributed by atoms with van der Waals surface area (Å²) in [6.45, 7) is 3.71. The second-order valence-corrected chi connectivity index (χ2v) is 6.75. The van der Waals surface area contributed by atoms with Gasteiger partial charge >= 0.3 is 11.9 Å². The Labute approximate surface area is 160 Å². The molecule has 1 N–H and O–H groups in total. The number of halogens is 1. The van der Waals surface area contributed by atoms with Crippen LogP contribution in [-0.2, 0) is 9.47 Å². The zero-order chi connectivity index (χ0) is 19.3.